The molecule has 0 spiro atoms. The van der Waals surface area contributed by atoms with Gasteiger partial charge in [0.25, 0.3) is 0 Å². The molecule has 0 heterocycles. The van der Waals surface area contributed by atoms with Crippen LogP contribution in [0.2, 0.25) is 0 Å². The van der Waals surface area contributed by atoms with Gasteiger partial charge in [-0.05, 0) is 33.6 Å². The first-order valence-electron chi connectivity index (χ1n) is 4.86. The van der Waals surface area contributed by atoms with E-state index in [1.165, 1.54) is 0 Å². The number of carbonyl (C=O) groups excluding carboxylic acids is 1. The largest absolute Gasteiger partial charge is 0.444 e. The highest BCUT2D eigenvalue weighted by molar-refractivity contribution is 5.67. The van der Waals surface area contributed by atoms with Crippen LogP contribution in [0.15, 0.2) is 0 Å². The summed E-state index contributed by atoms with van der Waals surface area (Å²) in [5.41, 5.74) is 2.12. The van der Waals surface area contributed by atoms with Crippen LogP contribution in [0.25, 0.3) is 0 Å². The van der Waals surface area contributed by atoms with Crippen molar-refractivity contribution in [3.05, 3.63) is 0 Å². The fraction of sp³-hybridized carbons (Fsp3) is 0.889. The number of ether oxygens (including phenoxy) is 1. The van der Waals surface area contributed by atoms with Crippen LogP contribution in [0, 0.1) is 0 Å². The quantitative estimate of drug-likeness (QED) is 0.350. The van der Waals surface area contributed by atoms with Crippen LogP contribution in [0.1, 0.15) is 33.6 Å². The molecule has 0 aromatic rings. The zero-order valence-corrected chi connectivity index (χ0v) is 9.22. The molecule has 0 atom stereocenters. The lowest BCUT2D eigenvalue weighted by Gasteiger charge is -2.19. The highest BCUT2D eigenvalue weighted by Gasteiger charge is 2.15. The van der Waals surface area contributed by atoms with Crippen molar-refractivity contribution in [1.82, 2.24) is 10.7 Å². The summed E-state index contributed by atoms with van der Waals surface area (Å²) in [6, 6.07) is 0. The van der Waals surface area contributed by atoms with E-state index in [0.717, 1.165) is 19.4 Å². The molecule has 0 aromatic heterocycles. The minimum Gasteiger partial charge on any atom is -0.444 e. The van der Waals surface area contributed by atoms with E-state index in [1.807, 2.05) is 20.8 Å². The second-order valence-corrected chi connectivity index (χ2v) is 4.09. The van der Waals surface area contributed by atoms with Crippen molar-refractivity contribution in [2.24, 2.45) is 5.84 Å². The van der Waals surface area contributed by atoms with E-state index in [1.54, 1.807) is 0 Å². The van der Waals surface area contributed by atoms with Crippen molar-refractivity contribution in [2.45, 2.75) is 39.2 Å². The monoisotopic (exact) mass is 203 g/mol. The molecule has 0 rings (SSSR count). The minimum absolute atomic E-state index is 0.363. The van der Waals surface area contributed by atoms with E-state index in [0.29, 0.717) is 6.54 Å². The molecule has 0 aliphatic rings. The number of unbranched alkanes of at least 4 members (excludes halogenated alkanes) is 1. The second-order valence-electron chi connectivity index (χ2n) is 4.09. The van der Waals surface area contributed by atoms with Gasteiger partial charge in [0.15, 0.2) is 0 Å². The molecular formula is C9H21N3O2. The Labute approximate surface area is 85.3 Å². The van der Waals surface area contributed by atoms with Crippen LogP contribution in [-0.4, -0.2) is 24.8 Å². The van der Waals surface area contributed by atoms with E-state index in [4.69, 9.17) is 10.6 Å². The molecule has 0 aliphatic carbocycles. The summed E-state index contributed by atoms with van der Waals surface area (Å²) in [5.74, 6) is 5.09. The maximum Gasteiger partial charge on any atom is 0.407 e. The lowest BCUT2D eigenvalue weighted by Crippen LogP contribution is -2.33. The Morgan fingerprint density at radius 3 is 2.36 bits per heavy atom. The van der Waals surface area contributed by atoms with Crippen LogP contribution in [-0.2, 0) is 4.74 Å². The number of alkyl carbamates (subject to hydrolysis) is 1. The molecule has 0 radical (unpaired) electrons. The lowest BCUT2D eigenvalue weighted by atomic mass is 10.2. The van der Waals surface area contributed by atoms with Crippen molar-refractivity contribution in [2.75, 3.05) is 13.1 Å². The van der Waals surface area contributed by atoms with Crippen molar-refractivity contribution >= 4 is 6.09 Å². The van der Waals surface area contributed by atoms with Gasteiger partial charge in [-0.15, -0.1) is 0 Å². The Bertz CT molecular complexity index is 166. The van der Waals surface area contributed by atoms with Gasteiger partial charge in [0, 0.05) is 13.1 Å². The predicted octanol–water partition coefficient (Wildman–Crippen LogP) is 0.755. The normalized spacial score (nSPS) is 11.1. The van der Waals surface area contributed by atoms with Gasteiger partial charge >= 0.3 is 6.09 Å². The maximum absolute atomic E-state index is 11.1. The SMILES string of the molecule is CC(C)(C)OC(=O)NCCCCNN. The third kappa shape index (κ3) is 9.28. The van der Waals surface area contributed by atoms with Gasteiger partial charge in [0.1, 0.15) is 5.60 Å². The molecule has 0 unspecified atom stereocenters. The third-order valence-corrected chi connectivity index (χ3v) is 1.42. The van der Waals surface area contributed by atoms with Crippen LogP contribution in [0.3, 0.4) is 0 Å². The molecule has 0 aromatic carbocycles. The molecule has 5 nitrogen and oxygen atoms in total. The number of amides is 1. The zero-order valence-electron chi connectivity index (χ0n) is 9.22. The molecule has 0 saturated heterocycles. The standard InChI is InChI=1S/C9H21N3O2/c1-9(2,3)14-8(13)11-6-4-5-7-12-10/h12H,4-7,10H2,1-3H3,(H,11,13). The first kappa shape index (κ1) is 13.2. The molecule has 1 amide bonds. The molecule has 0 aliphatic heterocycles. The number of hydrogen-bond acceptors (Lipinski definition) is 4. The molecule has 0 bridgehead atoms. The number of hydrogen-bond donors (Lipinski definition) is 3. The summed E-state index contributed by atoms with van der Waals surface area (Å²) in [4.78, 5) is 11.1. The molecule has 14 heavy (non-hydrogen) atoms. The summed E-state index contributed by atoms with van der Waals surface area (Å²) in [6.45, 7) is 6.90. The van der Waals surface area contributed by atoms with Gasteiger partial charge in [0.05, 0.1) is 0 Å². The van der Waals surface area contributed by atoms with Gasteiger partial charge < -0.3 is 10.1 Å². The van der Waals surface area contributed by atoms with Crippen molar-refractivity contribution in [1.29, 1.82) is 0 Å². The van der Waals surface area contributed by atoms with Gasteiger partial charge in [-0.2, -0.15) is 0 Å². The van der Waals surface area contributed by atoms with Crippen molar-refractivity contribution < 1.29 is 9.53 Å². The van der Waals surface area contributed by atoms with E-state index in [9.17, 15) is 4.79 Å². The lowest BCUT2D eigenvalue weighted by molar-refractivity contribution is 0.0527. The number of rotatable bonds is 5. The van der Waals surface area contributed by atoms with Crippen LogP contribution in [0.4, 0.5) is 4.79 Å². The van der Waals surface area contributed by atoms with Gasteiger partial charge in [-0.3, -0.25) is 11.3 Å². The summed E-state index contributed by atoms with van der Waals surface area (Å²) in [5, 5.41) is 2.67. The van der Waals surface area contributed by atoms with Gasteiger partial charge in [-0.1, -0.05) is 0 Å². The second kappa shape index (κ2) is 6.62. The smallest absolute Gasteiger partial charge is 0.407 e. The molecule has 84 valence electrons. The van der Waals surface area contributed by atoms with E-state index in [-0.39, 0.29) is 6.09 Å². The van der Waals surface area contributed by atoms with Crippen LogP contribution >= 0.6 is 0 Å². The molecule has 4 N–H and O–H groups in total. The fourth-order valence-electron chi connectivity index (χ4n) is 0.857. The van der Waals surface area contributed by atoms with Gasteiger partial charge in [0.2, 0.25) is 0 Å². The van der Waals surface area contributed by atoms with Gasteiger partial charge in [-0.25, -0.2) is 4.79 Å². The highest BCUT2D eigenvalue weighted by Crippen LogP contribution is 2.06. The van der Waals surface area contributed by atoms with E-state index in [2.05, 4.69) is 10.7 Å². The first-order chi connectivity index (χ1) is 6.45. The predicted molar refractivity (Wildman–Crippen MR) is 55.7 cm³/mol. The Morgan fingerprint density at radius 2 is 1.86 bits per heavy atom. The minimum atomic E-state index is -0.428. The zero-order chi connectivity index (χ0) is 11.0. The van der Waals surface area contributed by atoms with E-state index < -0.39 is 5.60 Å². The Hall–Kier alpha value is -0.810. The van der Waals surface area contributed by atoms with Crippen molar-refractivity contribution in [3.63, 3.8) is 0 Å². The van der Waals surface area contributed by atoms with Crippen LogP contribution < -0.4 is 16.6 Å². The topological polar surface area (TPSA) is 76.4 Å². The van der Waals surface area contributed by atoms with Crippen molar-refractivity contribution in [3.8, 4) is 0 Å². The Balaban J connectivity index is 3.36. The Kier molecular flexibility index (Phi) is 6.23. The first-order valence-corrected chi connectivity index (χ1v) is 4.86. The number of hydrazine groups is 1. The fourth-order valence-corrected chi connectivity index (χ4v) is 0.857. The average molecular weight is 203 g/mol. The summed E-state index contributed by atoms with van der Waals surface area (Å²) in [6.07, 6.45) is 1.47. The third-order valence-electron chi connectivity index (χ3n) is 1.42. The number of carbonyl (C=O) groups is 1. The summed E-state index contributed by atoms with van der Waals surface area (Å²) < 4.78 is 5.05. The van der Waals surface area contributed by atoms with E-state index >= 15 is 0 Å². The maximum atomic E-state index is 11.1. The summed E-state index contributed by atoms with van der Waals surface area (Å²) in [7, 11) is 0. The molecule has 0 fully saturated rings. The number of nitrogens with two attached hydrogens (primary N) is 1. The highest BCUT2D eigenvalue weighted by atomic mass is 16.6. The summed E-state index contributed by atoms with van der Waals surface area (Å²) >= 11 is 0. The Morgan fingerprint density at radius 1 is 1.29 bits per heavy atom. The van der Waals surface area contributed by atoms with Crippen LogP contribution in [0.5, 0.6) is 0 Å². The molecule has 0 saturated carbocycles. The molecule has 5 heteroatoms. The average Bonchev–Trinajstić information content (AvgIpc) is 2.00. The molecular weight excluding hydrogens is 182 g/mol. The number of nitrogens with one attached hydrogen (secondary N) is 2.